The molecule has 154 valence electrons. The van der Waals surface area contributed by atoms with Crippen molar-refractivity contribution >= 4 is 40.5 Å². The quantitative estimate of drug-likeness (QED) is 0.378. The number of rotatable bonds is 8. The zero-order chi connectivity index (χ0) is 21.6. The number of ether oxygens (including phenoxy) is 2. The van der Waals surface area contributed by atoms with E-state index in [2.05, 4.69) is 10.6 Å². The van der Waals surface area contributed by atoms with E-state index < -0.39 is 23.4 Å². The van der Waals surface area contributed by atoms with Crippen LogP contribution < -0.4 is 15.4 Å². The third-order valence-electron chi connectivity index (χ3n) is 3.89. The Balaban J connectivity index is 2.06. The molecule has 0 spiro atoms. The van der Waals surface area contributed by atoms with Gasteiger partial charge >= 0.3 is 5.97 Å². The summed E-state index contributed by atoms with van der Waals surface area (Å²) in [6.45, 7) is 3.47. The Morgan fingerprint density at radius 3 is 2.55 bits per heavy atom. The zero-order valence-electron chi connectivity index (χ0n) is 16.1. The number of anilines is 2. The minimum atomic E-state index is -0.856. The van der Waals surface area contributed by atoms with Gasteiger partial charge in [0.25, 0.3) is 11.6 Å². The molecule has 0 unspecified atom stereocenters. The van der Waals surface area contributed by atoms with E-state index in [-0.39, 0.29) is 16.9 Å². The molecule has 1 amide bonds. The summed E-state index contributed by atoms with van der Waals surface area (Å²) >= 11 is 6.02. The van der Waals surface area contributed by atoms with Crippen LogP contribution in [0.4, 0.5) is 17.1 Å². The van der Waals surface area contributed by atoms with Crippen LogP contribution in [0, 0.1) is 17.0 Å². The van der Waals surface area contributed by atoms with E-state index in [9.17, 15) is 19.7 Å². The summed E-state index contributed by atoms with van der Waals surface area (Å²) in [7, 11) is 1.43. The summed E-state index contributed by atoms with van der Waals surface area (Å²) in [5.74, 6) is -1.10. The van der Waals surface area contributed by atoms with Crippen LogP contribution in [0.1, 0.15) is 22.8 Å². The number of nitro groups is 1. The van der Waals surface area contributed by atoms with Gasteiger partial charge < -0.3 is 20.1 Å². The van der Waals surface area contributed by atoms with Gasteiger partial charge in [0.1, 0.15) is 11.4 Å². The maximum atomic E-state index is 12.2. The number of amides is 1. The van der Waals surface area contributed by atoms with Crippen molar-refractivity contribution in [3.8, 4) is 5.75 Å². The van der Waals surface area contributed by atoms with Crippen molar-refractivity contribution in [1.82, 2.24) is 0 Å². The molecule has 2 N–H and O–H groups in total. The molecule has 2 aromatic carbocycles. The van der Waals surface area contributed by atoms with Crippen molar-refractivity contribution in [3.63, 3.8) is 0 Å². The Morgan fingerprint density at radius 1 is 1.21 bits per heavy atom. The predicted octanol–water partition coefficient (Wildman–Crippen LogP) is 3.79. The summed E-state index contributed by atoms with van der Waals surface area (Å²) in [4.78, 5) is 34.9. The number of hydrogen-bond acceptors (Lipinski definition) is 7. The second kappa shape index (κ2) is 9.74. The van der Waals surface area contributed by atoms with Crippen molar-refractivity contribution in [2.24, 2.45) is 0 Å². The van der Waals surface area contributed by atoms with Gasteiger partial charge in [0, 0.05) is 23.7 Å². The molecule has 29 heavy (non-hydrogen) atoms. The number of carbonyl (C=O) groups is 2. The van der Waals surface area contributed by atoms with E-state index in [1.807, 2.05) is 0 Å². The van der Waals surface area contributed by atoms with Gasteiger partial charge in [-0.05, 0) is 37.6 Å². The van der Waals surface area contributed by atoms with E-state index >= 15 is 0 Å². The molecule has 0 aromatic heterocycles. The van der Waals surface area contributed by atoms with Gasteiger partial charge in [0.05, 0.1) is 23.3 Å². The van der Waals surface area contributed by atoms with E-state index in [1.165, 1.54) is 19.2 Å². The van der Waals surface area contributed by atoms with E-state index in [0.29, 0.717) is 23.0 Å². The van der Waals surface area contributed by atoms with Gasteiger partial charge in [-0.2, -0.15) is 0 Å². The smallest absolute Gasteiger partial charge is 0.338 e. The van der Waals surface area contributed by atoms with E-state index in [1.54, 1.807) is 26.0 Å². The molecule has 0 heterocycles. The molecule has 0 aliphatic heterocycles. The Labute approximate surface area is 172 Å². The number of nitrogens with one attached hydrogen (secondary N) is 2. The van der Waals surface area contributed by atoms with Crippen LogP contribution in [-0.4, -0.2) is 37.1 Å². The number of methoxy groups -OCH3 is 1. The number of nitrogens with zero attached hydrogens (tertiary/aromatic N) is 1. The largest absolute Gasteiger partial charge is 0.495 e. The molecule has 0 atom stereocenters. The van der Waals surface area contributed by atoms with Gasteiger partial charge in [0.15, 0.2) is 6.61 Å². The third kappa shape index (κ3) is 5.58. The van der Waals surface area contributed by atoms with Crippen molar-refractivity contribution in [2.75, 3.05) is 30.9 Å². The molecule has 0 radical (unpaired) electrons. The monoisotopic (exact) mass is 421 g/mol. The van der Waals surface area contributed by atoms with Gasteiger partial charge in [0.2, 0.25) is 0 Å². The van der Waals surface area contributed by atoms with Crippen LogP contribution >= 0.6 is 11.6 Å². The van der Waals surface area contributed by atoms with Crippen LogP contribution in [0.3, 0.4) is 0 Å². The summed E-state index contributed by atoms with van der Waals surface area (Å²) in [6, 6.07) is 7.09. The fraction of sp³-hybridized carbons (Fsp3) is 0.263. The van der Waals surface area contributed by atoms with Crippen LogP contribution in [0.5, 0.6) is 5.75 Å². The van der Waals surface area contributed by atoms with Crippen LogP contribution in [0.2, 0.25) is 5.02 Å². The highest BCUT2D eigenvalue weighted by molar-refractivity contribution is 6.31. The molecular formula is C19H20ClN3O6. The second-order valence-corrected chi connectivity index (χ2v) is 6.35. The van der Waals surface area contributed by atoms with Gasteiger partial charge in [-0.15, -0.1) is 0 Å². The molecule has 0 aliphatic carbocycles. The first-order valence-corrected chi connectivity index (χ1v) is 8.98. The van der Waals surface area contributed by atoms with Gasteiger partial charge in [-0.25, -0.2) is 4.79 Å². The lowest BCUT2D eigenvalue weighted by Crippen LogP contribution is -2.21. The highest BCUT2D eigenvalue weighted by atomic mass is 35.5. The number of nitro benzene ring substituents is 1. The minimum Gasteiger partial charge on any atom is -0.495 e. The number of aryl methyl sites for hydroxylation is 1. The molecular weight excluding hydrogens is 402 g/mol. The van der Waals surface area contributed by atoms with Crippen LogP contribution in [-0.2, 0) is 9.53 Å². The van der Waals surface area contributed by atoms with Crippen molar-refractivity contribution < 1.29 is 24.0 Å². The fourth-order valence-electron chi connectivity index (χ4n) is 2.48. The summed E-state index contributed by atoms with van der Waals surface area (Å²) in [5.41, 5.74) is 1.10. The average molecular weight is 422 g/mol. The third-order valence-corrected chi connectivity index (χ3v) is 4.29. The summed E-state index contributed by atoms with van der Waals surface area (Å²) < 4.78 is 10.1. The number of halogens is 1. The fourth-order valence-corrected chi connectivity index (χ4v) is 2.63. The van der Waals surface area contributed by atoms with E-state index in [4.69, 9.17) is 21.1 Å². The molecule has 0 saturated heterocycles. The first kappa shape index (κ1) is 22.0. The van der Waals surface area contributed by atoms with Crippen molar-refractivity contribution in [2.45, 2.75) is 13.8 Å². The Kier molecular flexibility index (Phi) is 7.38. The highest BCUT2D eigenvalue weighted by Crippen LogP contribution is 2.31. The van der Waals surface area contributed by atoms with Crippen LogP contribution in [0.15, 0.2) is 30.3 Å². The second-order valence-electron chi connectivity index (χ2n) is 5.95. The SMILES string of the molecule is CCNc1ccc(C(=O)OCC(=O)Nc2cc(C)c(Cl)cc2OC)cc1[N+](=O)[O-]. The topological polar surface area (TPSA) is 120 Å². The Bertz CT molecular complexity index is 948. The number of carbonyl (C=O) groups excluding carboxylic acids is 2. The number of esters is 1. The van der Waals surface area contributed by atoms with Crippen molar-refractivity contribution in [3.05, 3.63) is 56.6 Å². The van der Waals surface area contributed by atoms with Gasteiger partial charge in [-0.3, -0.25) is 14.9 Å². The Morgan fingerprint density at radius 2 is 1.93 bits per heavy atom. The lowest BCUT2D eigenvalue weighted by molar-refractivity contribution is -0.384. The molecule has 0 aliphatic rings. The maximum absolute atomic E-state index is 12.2. The standard InChI is InChI=1S/C19H20ClN3O6/c1-4-21-14-6-5-12(8-16(14)23(26)27)19(25)29-10-18(24)22-15-7-11(2)13(20)9-17(15)28-3/h5-9,21H,4,10H2,1-3H3,(H,22,24). The molecule has 0 fully saturated rings. The van der Waals surface area contributed by atoms with E-state index in [0.717, 1.165) is 11.6 Å². The van der Waals surface area contributed by atoms with Crippen LogP contribution in [0.25, 0.3) is 0 Å². The molecule has 2 rings (SSSR count). The lowest BCUT2D eigenvalue weighted by atomic mass is 10.1. The highest BCUT2D eigenvalue weighted by Gasteiger charge is 2.19. The molecule has 2 aromatic rings. The molecule has 0 bridgehead atoms. The maximum Gasteiger partial charge on any atom is 0.338 e. The molecule has 0 saturated carbocycles. The first-order chi connectivity index (χ1) is 13.8. The summed E-state index contributed by atoms with van der Waals surface area (Å²) in [5, 5.41) is 17.1. The first-order valence-electron chi connectivity index (χ1n) is 8.60. The number of hydrogen-bond donors (Lipinski definition) is 2. The summed E-state index contributed by atoms with van der Waals surface area (Å²) in [6.07, 6.45) is 0. The average Bonchev–Trinajstić information content (AvgIpc) is 2.69. The molecule has 9 nitrogen and oxygen atoms in total. The zero-order valence-corrected chi connectivity index (χ0v) is 16.8. The van der Waals surface area contributed by atoms with Gasteiger partial charge in [-0.1, -0.05) is 11.6 Å². The predicted molar refractivity (Wildman–Crippen MR) is 109 cm³/mol. The van der Waals surface area contributed by atoms with Crippen molar-refractivity contribution in [1.29, 1.82) is 0 Å². The minimum absolute atomic E-state index is 0.0360. The number of benzene rings is 2. The Hall–Kier alpha value is -3.33. The molecule has 10 heteroatoms. The normalized spacial score (nSPS) is 10.2. The lowest BCUT2D eigenvalue weighted by Gasteiger charge is -2.12.